The van der Waals surface area contributed by atoms with Crippen LogP contribution in [0.25, 0.3) is 6.08 Å². The highest BCUT2D eigenvalue weighted by Crippen LogP contribution is 2.37. The molecule has 0 spiro atoms. The van der Waals surface area contributed by atoms with Crippen molar-refractivity contribution < 1.29 is 23.8 Å². The number of nitrogens with zero attached hydrogens (tertiary/aromatic N) is 3. The highest BCUT2D eigenvalue weighted by atomic mass is 32.2. The van der Waals surface area contributed by atoms with Crippen molar-refractivity contribution in [2.45, 2.75) is 0 Å². The minimum absolute atomic E-state index is 0.176. The Kier molecular flexibility index (Phi) is 6.34. The second-order valence-electron chi connectivity index (χ2n) is 6.84. The van der Waals surface area contributed by atoms with E-state index in [1.165, 1.54) is 23.1 Å². The van der Waals surface area contributed by atoms with Gasteiger partial charge in [-0.1, -0.05) is 42.2 Å². The minimum atomic E-state index is -0.774. The quantitative estimate of drug-likeness (QED) is 0.180. The number of thiocarbonyl (C=S) groups is 1. The minimum Gasteiger partial charge on any atom is -0.450 e. The molecule has 0 bridgehead atoms. The van der Waals surface area contributed by atoms with Crippen molar-refractivity contribution in [3.05, 3.63) is 103 Å². The summed E-state index contributed by atoms with van der Waals surface area (Å²) < 4.78 is 19.4. The molecule has 1 heterocycles. The summed E-state index contributed by atoms with van der Waals surface area (Å²) in [7, 11) is 0. The molecule has 0 aromatic heterocycles. The van der Waals surface area contributed by atoms with Gasteiger partial charge in [0.1, 0.15) is 11.6 Å². The molecule has 1 amide bonds. The molecule has 3 aromatic rings. The lowest BCUT2D eigenvalue weighted by Crippen LogP contribution is -2.27. The van der Waals surface area contributed by atoms with Gasteiger partial charge < -0.3 is 4.74 Å². The molecule has 34 heavy (non-hydrogen) atoms. The third-order valence-electron chi connectivity index (χ3n) is 4.59. The molecule has 0 unspecified atom stereocenters. The lowest BCUT2D eigenvalue weighted by Gasteiger charge is -2.14. The Morgan fingerprint density at radius 3 is 2.47 bits per heavy atom. The van der Waals surface area contributed by atoms with Crippen LogP contribution >= 0.6 is 24.0 Å². The Morgan fingerprint density at radius 2 is 1.76 bits per heavy atom. The molecule has 0 N–H and O–H groups in total. The lowest BCUT2D eigenvalue weighted by molar-refractivity contribution is -0.394. The zero-order chi connectivity index (χ0) is 24.4. The Bertz CT molecular complexity index is 1390. The van der Waals surface area contributed by atoms with Crippen molar-refractivity contribution >= 4 is 57.3 Å². The van der Waals surface area contributed by atoms with E-state index >= 15 is 0 Å². The van der Waals surface area contributed by atoms with Gasteiger partial charge in [-0.05, 0) is 48.0 Å². The van der Waals surface area contributed by atoms with Crippen molar-refractivity contribution in [2.75, 3.05) is 4.90 Å². The first-order chi connectivity index (χ1) is 16.2. The van der Waals surface area contributed by atoms with Crippen LogP contribution in [-0.2, 0) is 4.79 Å². The summed E-state index contributed by atoms with van der Waals surface area (Å²) in [6, 6.07) is 15.0. The molecular weight excluding hydrogens is 485 g/mol. The van der Waals surface area contributed by atoms with E-state index < -0.39 is 32.9 Å². The Hall–Kier alpha value is -4.16. The smallest absolute Gasteiger partial charge is 0.318 e. The van der Waals surface area contributed by atoms with Crippen molar-refractivity contribution in [3.8, 4) is 11.5 Å². The number of thioether (sulfide) groups is 1. The van der Waals surface area contributed by atoms with Crippen LogP contribution in [0, 0.1) is 26.0 Å². The number of nitro benzene ring substituents is 2. The van der Waals surface area contributed by atoms with Gasteiger partial charge in [0.25, 0.3) is 11.6 Å². The molecule has 0 radical (unpaired) electrons. The van der Waals surface area contributed by atoms with E-state index in [1.807, 2.05) is 0 Å². The number of carbonyl (C=O) groups is 1. The van der Waals surface area contributed by atoms with Gasteiger partial charge in [0.15, 0.2) is 4.32 Å². The second-order valence-corrected chi connectivity index (χ2v) is 8.51. The molecule has 4 rings (SSSR count). The number of benzene rings is 3. The van der Waals surface area contributed by atoms with Crippen LogP contribution in [0.1, 0.15) is 5.56 Å². The van der Waals surface area contributed by atoms with Gasteiger partial charge in [-0.2, -0.15) is 0 Å². The van der Waals surface area contributed by atoms with Crippen LogP contribution in [0.15, 0.2) is 71.6 Å². The van der Waals surface area contributed by atoms with E-state index in [9.17, 15) is 29.4 Å². The standard InChI is InChI=1S/C22H12FN3O6S2/c23-14-4-2-5-15(11-14)24-21(27)20(34-22(24)33)10-13-3-1-6-17(9-13)32-19-8-7-16(25(28)29)12-18(19)26(30)31/h1-12H/b20-10+. The predicted molar refractivity (Wildman–Crippen MR) is 128 cm³/mol. The summed E-state index contributed by atoms with van der Waals surface area (Å²) >= 11 is 6.33. The topological polar surface area (TPSA) is 116 Å². The zero-order valence-corrected chi connectivity index (χ0v) is 18.5. The first-order valence-corrected chi connectivity index (χ1v) is 10.7. The van der Waals surface area contributed by atoms with Gasteiger partial charge >= 0.3 is 5.69 Å². The van der Waals surface area contributed by atoms with Gasteiger partial charge in [-0.3, -0.25) is 29.9 Å². The van der Waals surface area contributed by atoms with Gasteiger partial charge in [0.05, 0.1) is 26.5 Å². The van der Waals surface area contributed by atoms with Crippen LogP contribution < -0.4 is 9.64 Å². The van der Waals surface area contributed by atoms with Gasteiger partial charge in [-0.15, -0.1) is 0 Å². The van der Waals surface area contributed by atoms with Crippen LogP contribution in [-0.4, -0.2) is 20.1 Å². The maximum Gasteiger partial charge on any atom is 0.318 e. The third kappa shape index (κ3) is 4.77. The van der Waals surface area contributed by atoms with E-state index in [0.29, 0.717) is 16.2 Å². The molecule has 1 aliphatic rings. The molecule has 1 fully saturated rings. The fourth-order valence-electron chi connectivity index (χ4n) is 3.10. The van der Waals surface area contributed by atoms with E-state index in [2.05, 4.69) is 0 Å². The van der Waals surface area contributed by atoms with Gasteiger partial charge in [0.2, 0.25) is 5.75 Å². The fourth-order valence-corrected chi connectivity index (χ4v) is 4.40. The number of rotatable bonds is 6. The molecule has 170 valence electrons. The molecule has 1 saturated heterocycles. The highest BCUT2D eigenvalue weighted by Gasteiger charge is 2.33. The van der Waals surface area contributed by atoms with E-state index in [-0.39, 0.29) is 15.8 Å². The maximum atomic E-state index is 13.6. The van der Waals surface area contributed by atoms with Gasteiger partial charge in [0, 0.05) is 6.07 Å². The van der Waals surface area contributed by atoms with Crippen molar-refractivity contribution in [3.63, 3.8) is 0 Å². The Balaban J connectivity index is 1.60. The van der Waals surface area contributed by atoms with Crippen LogP contribution in [0.4, 0.5) is 21.5 Å². The number of amides is 1. The average molecular weight is 497 g/mol. The average Bonchev–Trinajstić information content (AvgIpc) is 3.06. The highest BCUT2D eigenvalue weighted by molar-refractivity contribution is 8.27. The molecule has 0 atom stereocenters. The molecule has 0 saturated carbocycles. The first kappa shape index (κ1) is 23.0. The molecular formula is C22H12FN3O6S2. The third-order valence-corrected chi connectivity index (χ3v) is 5.90. The van der Waals surface area contributed by atoms with E-state index in [1.54, 1.807) is 36.4 Å². The maximum absolute atomic E-state index is 13.6. The monoisotopic (exact) mass is 497 g/mol. The summed E-state index contributed by atoms with van der Waals surface area (Å²) in [5, 5.41) is 22.2. The summed E-state index contributed by atoms with van der Waals surface area (Å²) in [5.41, 5.74) is -0.140. The largest absolute Gasteiger partial charge is 0.450 e. The van der Waals surface area contributed by atoms with Crippen LogP contribution in [0.3, 0.4) is 0 Å². The van der Waals surface area contributed by atoms with Crippen molar-refractivity contribution in [1.82, 2.24) is 0 Å². The summed E-state index contributed by atoms with van der Waals surface area (Å²) in [4.78, 5) is 35.1. The van der Waals surface area contributed by atoms with E-state index in [0.717, 1.165) is 30.0 Å². The Labute approximate surface area is 200 Å². The van der Waals surface area contributed by atoms with Gasteiger partial charge in [-0.25, -0.2) is 4.39 Å². The fraction of sp³-hybridized carbons (Fsp3) is 0. The molecule has 0 aliphatic carbocycles. The number of anilines is 1. The molecule has 1 aliphatic heterocycles. The normalized spacial score (nSPS) is 14.5. The first-order valence-electron chi connectivity index (χ1n) is 9.47. The number of hydrogen-bond donors (Lipinski definition) is 0. The predicted octanol–water partition coefficient (Wildman–Crippen LogP) is 5.84. The van der Waals surface area contributed by atoms with E-state index in [4.69, 9.17) is 17.0 Å². The summed E-state index contributed by atoms with van der Waals surface area (Å²) in [6.07, 6.45) is 1.57. The second kappa shape index (κ2) is 9.37. The summed E-state index contributed by atoms with van der Waals surface area (Å²) in [5.74, 6) is -0.880. The summed E-state index contributed by atoms with van der Waals surface area (Å²) in [6.45, 7) is 0. The molecule has 12 heteroatoms. The lowest BCUT2D eigenvalue weighted by atomic mass is 10.2. The van der Waals surface area contributed by atoms with Crippen LogP contribution in [0.5, 0.6) is 11.5 Å². The molecule has 3 aromatic carbocycles. The zero-order valence-electron chi connectivity index (χ0n) is 16.9. The van der Waals surface area contributed by atoms with Crippen LogP contribution in [0.2, 0.25) is 0 Å². The number of halogens is 1. The SMILES string of the molecule is O=C1/C(=C\c2cccc(Oc3ccc([N+](=O)[O-])cc3[N+](=O)[O-])c2)SC(=S)N1c1cccc(F)c1. The number of nitro groups is 2. The Morgan fingerprint density at radius 1 is 1.00 bits per heavy atom. The number of ether oxygens (including phenoxy) is 1. The number of non-ortho nitro benzene ring substituents is 1. The van der Waals surface area contributed by atoms with Crippen molar-refractivity contribution in [1.29, 1.82) is 0 Å². The number of carbonyl (C=O) groups excluding carboxylic acids is 1. The van der Waals surface area contributed by atoms with Crippen molar-refractivity contribution in [2.24, 2.45) is 0 Å². The molecule has 9 nitrogen and oxygen atoms in total. The number of hydrogen-bond acceptors (Lipinski definition) is 8.